The van der Waals surface area contributed by atoms with Crippen LogP contribution in [0.1, 0.15) is 19.4 Å². The number of aliphatic carboxylic acids is 1. The van der Waals surface area contributed by atoms with Crippen molar-refractivity contribution in [3.8, 4) is 6.07 Å². The zero-order chi connectivity index (χ0) is 15.3. The van der Waals surface area contributed by atoms with Crippen molar-refractivity contribution in [2.45, 2.75) is 19.9 Å². The number of carbonyl (C=O) groups is 2. The molecule has 0 spiro atoms. The molecule has 0 aliphatic heterocycles. The number of hydrogen-bond acceptors (Lipinski definition) is 3. The number of anilines is 1. The van der Waals surface area contributed by atoms with Crippen LogP contribution in [-0.2, 0) is 4.79 Å². The molecule has 1 aromatic rings. The van der Waals surface area contributed by atoms with Crippen LogP contribution in [0.4, 0.5) is 14.9 Å². The summed E-state index contributed by atoms with van der Waals surface area (Å²) in [5, 5.41) is 22.3. The number of hydrogen-bond donors (Lipinski definition) is 3. The zero-order valence-corrected chi connectivity index (χ0v) is 11.0. The molecule has 0 aromatic heterocycles. The minimum Gasteiger partial charge on any atom is -0.480 e. The molecule has 20 heavy (non-hydrogen) atoms. The van der Waals surface area contributed by atoms with Crippen molar-refractivity contribution in [3.05, 3.63) is 29.6 Å². The Balaban J connectivity index is 2.76. The van der Waals surface area contributed by atoms with E-state index in [4.69, 9.17) is 10.4 Å². The summed E-state index contributed by atoms with van der Waals surface area (Å²) < 4.78 is 13.1. The number of nitriles is 1. The predicted octanol–water partition coefficient (Wildman–Crippen LogP) is 1.93. The molecule has 2 amide bonds. The first-order chi connectivity index (χ1) is 9.35. The molecule has 0 saturated carbocycles. The van der Waals surface area contributed by atoms with Crippen LogP contribution < -0.4 is 10.6 Å². The van der Waals surface area contributed by atoms with Crippen LogP contribution in [0.5, 0.6) is 0 Å². The molecule has 0 saturated heterocycles. The van der Waals surface area contributed by atoms with E-state index in [1.165, 1.54) is 12.1 Å². The summed E-state index contributed by atoms with van der Waals surface area (Å²) in [6.45, 7) is 3.31. The van der Waals surface area contributed by atoms with Crippen molar-refractivity contribution < 1.29 is 19.1 Å². The van der Waals surface area contributed by atoms with E-state index in [-0.39, 0.29) is 17.2 Å². The average Bonchev–Trinajstić information content (AvgIpc) is 2.37. The van der Waals surface area contributed by atoms with Gasteiger partial charge in [-0.05, 0) is 24.1 Å². The molecular weight excluding hydrogens is 265 g/mol. The molecule has 1 atom stereocenters. The van der Waals surface area contributed by atoms with Crippen molar-refractivity contribution in [3.63, 3.8) is 0 Å². The first kappa shape index (κ1) is 15.4. The molecule has 0 fully saturated rings. The quantitative estimate of drug-likeness (QED) is 0.783. The highest BCUT2D eigenvalue weighted by molar-refractivity contribution is 5.92. The van der Waals surface area contributed by atoms with Gasteiger partial charge < -0.3 is 15.7 Å². The van der Waals surface area contributed by atoms with Crippen LogP contribution >= 0.6 is 0 Å². The van der Waals surface area contributed by atoms with Crippen molar-refractivity contribution >= 4 is 17.7 Å². The van der Waals surface area contributed by atoms with Gasteiger partial charge in [-0.15, -0.1) is 0 Å². The Morgan fingerprint density at radius 3 is 2.55 bits per heavy atom. The van der Waals surface area contributed by atoms with Gasteiger partial charge in [-0.1, -0.05) is 13.8 Å². The summed E-state index contributed by atoms with van der Waals surface area (Å²) in [5.41, 5.74) is -0.00482. The number of rotatable bonds is 4. The Morgan fingerprint density at radius 1 is 1.40 bits per heavy atom. The molecule has 0 heterocycles. The molecule has 1 aromatic carbocycles. The topological polar surface area (TPSA) is 102 Å². The molecule has 0 radical (unpaired) electrons. The zero-order valence-electron chi connectivity index (χ0n) is 11.0. The lowest BCUT2D eigenvalue weighted by Crippen LogP contribution is -2.46. The lowest BCUT2D eigenvalue weighted by Gasteiger charge is -2.18. The number of nitrogens with zero attached hydrogens (tertiary/aromatic N) is 1. The van der Waals surface area contributed by atoms with Gasteiger partial charge in [0.15, 0.2) is 0 Å². The van der Waals surface area contributed by atoms with Gasteiger partial charge in [-0.3, -0.25) is 0 Å². The SMILES string of the molecule is CC(C)C(NC(=O)Nc1ccc(F)c(C#N)c1)C(=O)O. The third-order valence-corrected chi connectivity index (χ3v) is 2.56. The monoisotopic (exact) mass is 279 g/mol. The Bertz CT molecular complexity index is 566. The number of amides is 2. The fourth-order valence-corrected chi connectivity index (χ4v) is 1.51. The fourth-order valence-electron chi connectivity index (χ4n) is 1.51. The molecule has 0 aliphatic carbocycles. The fraction of sp³-hybridized carbons (Fsp3) is 0.308. The summed E-state index contributed by atoms with van der Waals surface area (Å²) in [4.78, 5) is 22.6. The van der Waals surface area contributed by atoms with E-state index in [9.17, 15) is 14.0 Å². The Labute approximate surface area is 115 Å². The standard InChI is InChI=1S/C13H14FN3O3/c1-7(2)11(12(18)19)17-13(20)16-9-3-4-10(14)8(5-9)6-15/h3-5,7,11H,1-2H3,(H,18,19)(H2,16,17,20). The van der Waals surface area contributed by atoms with E-state index in [1.807, 2.05) is 0 Å². The first-order valence-corrected chi connectivity index (χ1v) is 5.85. The minimum atomic E-state index is -1.15. The maximum Gasteiger partial charge on any atom is 0.326 e. The van der Waals surface area contributed by atoms with Crippen LogP contribution in [0.15, 0.2) is 18.2 Å². The summed E-state index contributed by atoms with van der Waals surface area (Å²) in [6, 6.07) is 3.37. The van der Waals surface area contributed by atoms with Crippen molar-refractivity contribution in [2.75, 3.05) is 5.32 Å². The number of benzene rings is 1. The van der Waals surface area contributed by atoms with E-state index in [0.29, 0.717) is 0 Å². The number of urea groups is 1. The van der Waals surface area contributed by atoms with Crippen molar-refractivity contribution in [1.29, 1.82) is 5.26 Å². The minimum absolute atomic E-state index is 0.202. The number of nitrogens with one attached hydrogen (secondary N) is 2. The van der Waals surface area contributed by atoms with Crippen LogP contribution in [0, 0.1) is 23.1 Å². The number of halogens is 1. The second-order valence-corrected chi connectivity index (χ2v) is 4.46. The lowest BCUT2D eigenvalue weighted by atomic mass is 10.1. The molecule has 7 heteroatoms. The van der Waals surface area contributed by atoms with Crippen LogP contribution in [0.25, 0.3) is 0 Å². The number of carbonyl (C=O) groups excluding carboxylic acids is 1. The summed E-state index contributed by atoms with van der Waals surface area (Å²) in [6.07, 6.45) is 0. The summed E-state index contributed by atoms with van der Waals surface area (Å²) in [7, 11) is 0. The Hall–Kier alpha value is -2.62. The molecule has 1 rings (SSSR count). The van der Waals surface area contributed by atoms with E-state index >= 15 is 0 Å². The number of carboxylic acid groups (broad SMARTS) is 1. The summed E-state index contributed by atoms with van der Waals surface area (Å²) in [5.74, 6) is -2.13. The van der Waals surface area contributed by atoms with Crippen LogP contribution in [-0.4, -0.2) is 23.1 Å². The van der Waals surface area contributed by atoms with Gasteiger partial charge in [0.2, 0.25) is 0 Å². The molecule has 3 N–H and O–H groups in total. The highest BCUT2D eigenvalue weighted by Crippen LogP contribution is 2.14. The second-order valence-electron chi connectivity index (χ2n) is 4.46. The molecule has 106 valence electrons. The van der Waals surface area contributed by atoms with Crippen molar-refractivity contribution in [2.24, 2.45) is 5.92 Å². The van der Waals surface area contributed by atoms with Gasteiger partial charge in [0.05, 0.1) is 5.56 Å². The molecule has 0 aliphatic rings. The van der Waals surface area contributed by atoms with Gasteiger partial charge in [-0.25, -0.2) is 14.0 Å². The smallest absolute Gasteiger partial charge is 0.326 e. The van der Waals surface area contributed by atoms with Gasteiger partial charge in [-0.2, -0.15) is 5.26 Å². The normalized spacial score (nSPS) is 11.6. The van der Waals surface area contributed by atoms with Crippen molar-refractivity contribution in [1.82, 2.24) is 5.32 Å². The van der Waals surface area contributed by atoms with Gasteiger partial charge in [0, 0.05) is 5.69 Å². The van der Waals surface area contributed by atoms with E-state index in [0.717, 1.165) is 6.07 Å². The lowest BCUT2D eigenvalue weighted by molar-refractivity contribution is -0.140. The highest BCUT2D eigenvalue weighted by Gasteiger charge is 2.23. The van der Waals surface area contributed by atoms with E-state index in [1.54, 1.807) is 19.9 Å². The van der Waals surface area contributed by atoms with Crippen LogP contribution in [0.2, 0.25) is 0 Å². The van der Waals surface area contributed by atoms with Gasteiger partial charge >= 0.3 is 12.0 Å². The predicted molar refractivity (Wildman–Crippen MR) is 69.5 cm³/mol. The third-order valence-electron chi connectivity index (χ3n) is 2.56. The Morgan fingerprint density at radius 2 is 2.05 bits per heavy atom. The van der Waals surface area contributed by atoms with Crippen LogP contribution in [0.3, 0.4) is 0 Å². The Kier molecular flexibility index (Phi) is 5.03. The second kappa shape index (κ2) is 6.52. The molecule has 1 unspecified atom stereocenters. The largest absolute Gasteiger partial charge is 0.480 e. The maximum absolute atomic E-state index is 13.1. The molecule has 0 bridgehead atoms. The third kappa shape index (κ3) is 3.95. The van der Waals surface area contributed by atoms with E-state index in [2.05, 4.69) is 10.6 Å². The van der Waals surface area contributed by atoms with Gasteiger partial charge in [0.1, 0.15) is 17.9 Å². The number of carboxylic acids is 1. The van der Waals surface area contributed by atoms with E-state index < -0.39 is 23.9 Å². The summed E-state index contributed by atoms with van der Waals surface area (Å²) >= 11 is 0. The molecular formula is C13H14FN3O3. The van der Waals surface area contributed by atoms with Gasteiger partial charge in [0.25, 0.3) is 0 Å². The average molecular weight is 279 g/mol. The maximum atomic E-state index is 13.1. The first-order valence-electron chi connectivity index (χ1n) is 5.85. The molecule has 6 nitrogen and oxygen atoms in total. The highest BCUT2D eigenvalue weighted by atomic mass is 19.1.